The van der Waals surface area contributed by atoms with Gasteiger partial charge in [-0.25, -0.2) is 4.98 Å². The molecule has 1 aromatic carbocycles. The number of nitrogens with zero attached hydrogens (tertiary/aromatic N) is 2. The second-order valence-electron chi connectivity index (χ2n) is 12.4. The van der Waals surface area contributed by atoms with Gasteiger partial charge in [-0.15, -0.1) is 0 Å². The Kier molecular flexibility index (Phi) is 4.44. The minimum absolute atomic E-state index is 0.0137. The summed E-state index contributed by atoms with van der Waals surface area (Å²) >= 11 is 0. The van der Waals surface area contributed by atoms with Crippen molar-refractivity contribution in [1.82, 2.24) is 14.9 Å². The van der Waals surface area contributed by atoms with E-state index in [1.807, 2.05) is 18.2 Å². The summed E-state index contributed by atoms with van der Waals surface area (Å²) in [6.07, 6.45) is 3.87. The van der Waals surface area contributed by atoms with Crippen LogP contribution in [0.2, 0.25) is 0 Å². The molecule has 0 saturated heterocycles. The average molecular weight is 528 g/mol. The molecule has 6 aliphatic rings. The highest BCUT2D eigenvalue weighted by Gasteiger charge is 2.69. The van der Waals surface area contributed by atoms with Crippen LogP contribution in [0.4, 0.5) is 0 Å². The van der Waals surface area contributed by atoms with Crippen molar-refractivity contribution in [3.8, 4) is 22.9 Å². The first-order chi connectivity index (χ1) is 18.7. The number of aldehydes is 1. The molecule has 9 heteroatoms. The summed E-state index contributed by atoms with van der Waals surface area (Å²) in [5, 5.41) is 4.82. The second kappa shape index (κ2) is 7.47. The quantitative estimate of drug-likeness (QED) is 0.311. The summed E-state index contributed by atoms with van der Waals surface area (Å²) in [6, 6.07) is 6.29. The van der Waals surface area contributed by atoms with E-state index in [0.717, 1.165) is 53.5 Å². The van der Waals surface area contributed by atoms with Crippen molar-refractivity contribution in [2.75, 3.05) is 6.79 Å². The molecule has 9 rings (SSSR count). The zero-order valence-electron chi connectivity index (χ0n) is 22.1. The van der Waals surface area contributed by atoms with E-state index in [1.54, 1.807) is 11.5 Å². The van der Waals surface area contributed by atoms with Gasteiger partial charge < -0.3 is 28.9 Å². The number of carbonyl (C=O) groups is 2. The van der Waals surface area contributed by atoms with Crippen LogP contribution in [0.1, 0.15) is 68.2 Å². The van der Waals surface area contributed by atoms with Gasteiger partial charge in [0, 0.05) is 39.9 Å². The fourth-order valence-electron chi connectivity index (χ4n) is 8.06. The first-order valence-electron chi connectivity index (χ1n) is 13.7. The Balaban J connectivity index is 1.35. The number of nitrogens with one attached hydrogen (secondary N) is 1. The van der Waals surface area contributed by atoms with E-state index in [1.165, 1.54) is 5.56 Å². The third-order valence-corrected chi connectivity index (χ3v) is 9.42. The van der Waals surface area contributed by atoms with Crippen LogP contribution in [0.15, 0.2) is 23.0 Å². The number of benzene rings is 1. The Morgan fingerprint density at radius 2 is 1.79 bits per heavy atom. The molecule has 1 unspecified atom stereocenters. The van der Waals surface area contributed by atoms with Gasteiger partial charge in [-0.3, -0.25) is 9.59 Å². The lowest BCUT2D eigenvalue weighted by Gasteiger charge is -2.72. The largest absolute Gasteiger partial charge is 0.460 e. The molecule has 3 aliphatic carbocycles. The zero-order valence-corrected chi connectivity index (χ0v) is 22.1. The molecule has 9 nitrogen and oxygen atoms in total. The third-order valence-electron chi connectivity index (χ3n) is 9.42. The van der Waals surface area contributed by atoms with Crippen molar-refractivity contribution in [2.24, 2.45) is 5.92 Å². The van der Waals surface area contributed by atoms with E-state index < -0.39 is 17.8 Å². The molecule has 3 aromatic rings. The molecule has 39 heavy (non-hydrogen) atoms. The fraction of sp³-hybridized carbons (Fsp3) is 0.467. The van der Waals surface area contributed by atoms with Gasteiger partial charge in [0.15, 0.2) is 11.5 Å². The van der Waals surface area contributed by atoms with Gasteiger partial charge in [-0.2, -0.15) is 0 Å². The monoisotopic (exact) mass is 527 g/mol. The molecule has 3 aliphatic heterocycles. The number of pyridine rings is 2. The van der Waals surface area contributed by atoms with Gasteiger partial charge in [0.2, 0.25) is 6.79 Å². The molecular weight excluding hydrogens is 498 g/mol. The van der Waals surface area contributed by atoms with Gasteiger partial charge in [0.25, 0.3) is 5.56 Å². The molecule has 3 saturated carbocycles. The number of aromatic nitrogens is 2. The van der Waals surface area contributed by atoms with Crippen molar-refractivity contribution in [2.45, 2.75) is 76.1 Å². The third kappa shape index (κ3) is 2.94. The molecule has 2 atom stereocenters. The first-order valence-corrected chi connectivity index (χ1v) is 13.7. The Morgan fingerprint density at radius 3 is 2.51 bits per heavy atom. The molecule has 2 aromatic heterocycles. The highest BCUT2D eigenvalue weighted by molar-refractivity contribution is 5.93. The maximum absolute atomic E-state index is 13.8. The number of fused-ring (bicyclic) bond motifs is 6. The van der Waals surface area contributed by atoms with E-state index in [4.69, 9.17) is 19.2 Å². The molecular formula is C30H29N3O6. The molecule has 200 valence electrons. The van der Waals surface area contributed by atoms with E-state index in [9.17, 15) is 14.4 Å². The van der Waals surface area contributed by atoms with E-state index in [0.29, 0.717) is 35.2 Å². The Labute approximate surface area is 224 Å². The lowest BCUT2D eigenvalue weighted by atomic mass is 9.36. The SMILES string of the molecule is CC(C)NC12CC(c3c4c(nc5cc6c(cc35)OCO6)-c3cc5c(c(=O)n3C4)COC(=O)[C@@H]5C(C)C=O)(C1)C2. The molecule has 5 heterocycles. The maximum atomic E-state index is 13.8. The van der Waals surface area contributed by atoms with Gasteiger partial charge in [0.05, 0.1) is 34.9 Å². The smallest absolute Gasteiger partial charge is 0.314 e. The first kappa shape index (κ1) is 23.2. The van der Waals surface area contributed by atoms with Crippen LogP contribution in [0, 0.1) is 5.92 Å². The highest BCUT2D eigenvalue weighted by Crippen LogP contribution is 2.70. The summed E-state index contributed by atoms with van der Waals surface area (Å²) in [4.78, 5) is 43.3. The van der Waals surface area contributed by atoms with Gasteiger partial charge in [-0.05, 0) is 42.5 Å². The van der Waals surface area contributed by atoms with Crippen molar-refractivity contribution < 1.29 is 23.8 Å². The maximum Gasteiger partial charge on any atom is 0.314 e. The molecule has 2 bridgehead atoms. The minimum Gasteiger partial charge on any atom is -0.460 e. The van der Waals surface area contributed by atoms with Crippen LogP contribution in [-0.2, 0) is 32.9 Å². The van der Waals surface area contributed by atoms with Crippen LogP contribution >= 0.6 is 0 Å². The van der Waals surface area contributed by atoms with Gasteiger partial charge in [-0.1, -0.05) is 20.8 Å². The fourth-order valence-corrected chi connectivity index (χ4v) is 8.06. The lowest BCUT2D eigenvalue weighted by Crippen LogP contribution is -2.77. The number of carbonyl (C=O) groups excluding carboxylic acids is 2. The van der Waals surface area contributed by atoms with E-state index >= 15 is 0 Å². The zero-order chi connectivity index (χ0) is 26.8. The summed E-state index contributed by atoms with van der Waals surface area (Å²) in [5.74, 6) is -0.495. The van der Waals surface area contributed by atoms with Crippen molar-refractivity contribution in [1.29, 1.82) is 0 Å². The van der Waals surface area contributed by atoms with Crippen molar-refractivity contribution >= 4 is 23.2 Å². The van der Waals surface area contributed by atoms with E-state index in [2.05, 4.69) is 19.2 Å². The summed E-state index contributed by atoms with van der Waals surface area (Å²) in [5.41, 5.74) is 5.60. The number of hydrogen-bond acceptors (Lipinski definition) is 8. The summed E-state index contributed by atoms with van der Waals surface area (Å²) in [7, 11) is 0. The summed E-state index contributed by atoms with van der Waals surface area (Å²) < 4.78 is 18.5. The van der Waals surface area contributed by atoms with Crippen LogP contribution in [0.3, 0.4) is 0 Å². The molecule has 0 amide bonds. The topological polar surface area (TPSA) is 109 Å². The number of esters is 1. The van der Waals surface area contributed by atoms with Crippen LogP contribution in [0.5, 0.6) is 11.5 Å². The molecule has 1 N–H and O–H groups in total. The second-order valence-corrected chi connectivity index (χ2v) is 12.4. The standard InChI is InChI=1S/C30H29N3O6/c1-14(2)32-30-10-29(11-30,12-30)25-17-5-22-23(39-13-38-22)6-20(17)31-26-18(25)7-33-21(26)4-16-19(27(33)35)9-37-28(36)24(16)15(3)8-34/h4-6,8,14-15,24,32H,7,9-13H2,1-3H3/t15?,24-,29?,30?/m1/s1. The van der Waals surface area contributed by atoms with E-state index in [-0.39, 0.29) is 29.9 Å². The van der Waals surface area contributed by atoms with Crippen molar-refractivity contribution in [3.05, 3.63) is 50.8 Å². The number of hydrogen-bond donors (Lipinski definition) is 1. The summed E-state index contributed by atoms with van der Waals surface area (Å²) in [6.45, 7) is 6.57. The Morgan fingerprint density at radius 1 is 1.05 bits per heavy atom. The normalized spacial score (nSPS) is 27.8. The predicted molar refractivity (Wildman–Crippen MR) is 141 cm³/mol. The number of ether oxygens (including phenoxy) is 3. The van der Waals surface area contributed by atoms with Crippen LogP contribution in [0.25, 0.3) is 22.3 Å². The van der Waals surface area contributed by atoms with Crippen LogP contribution < -0.4 is 20.3 Å². The lowest BCUT2D eigenvalue weighted by molar-refractivity contribution is -0.150. The number of cyclic esters (lactones) is 1. The van der Waals surface area contributed by atoms with Gasteiger partial charge in [0.1, 0.15) is 12.9 Å². The minimum atomic E-state index is -0.803. The number of rotatable bonds is 5. The molecule has 0 radical (unpaired) electrons. The average Bonchev–Trinajstić information content (AvgIpc) is 3.46. The molecule has 3 fully saturated rings. The Bertz CT molecular complexity index is 1690. The van der Waals surface area contributed by atoms with Crippen LogP contribution in [-0.4, -0.2) is 40.2 Å². The van der Waals surface area contributed by atoms with Gasteiger partial charge >= 0.3 is 5.97 Å². The highest BCUT2D eigenvalue weighted by atomic mass is 16.7. The Hall–Kier alpha value is -3.72. The van der Waals surface area contributed by atoms with Crippen molar-refractivity contribution in [3.63, 3.8) is 0 Å². The predicted octanol–water partition coefficient (Wildman–Crippen LogP) is 3.30. The molecule has 0 spiro atoms.